The van der Waals surface area contributed by atoms with Gasteiger partial charge in [-0.15, -0.1) is 11.3 Å². The van der Waals surface area contributed by atoms with E-state index in [2.05, 4.69) is 4.98 Å². The van der Waals surface area contributed by atoms with Crippen LogP contribution in [0.1, 0.15) is 20.7 Å². The number of rotatable bonds is 1. The SMILES string of the molecule is O=C1c2ccc3c(=O)n4c5ccccc5nc4c4ccc(c2c34)C(=O)N1c1cccs1. The molecule has 1 aliphatic rings. The summed E-state index contributed by atoms with van der Waals surface area (Å²) in [4.78, 5) is 46.0. The minimum absolute atomic E-state index is 0.208. The van der Waals surface area contributed by atoms with E-state index in [1.54, 1.807) is 34.7 Å². The lowest BCUT2D eigenvalue weighted by Crippen LogP contribution is -2.40. The number of hydrogen-bond acceptors (Lipinski definition) is 5. The standard InChI is InChI=1S/C24H11N3O3S/c28-22-13-9-10-15-20-14(23(29)27(24(15)30)18-6-3-11-31-18)8-7-12(19(13)20)21-25-16-4-1-2-5-17(16)26(21)22/h1-11H. The normalized spacial score (nSPS) is 14.0. The van der Waals surface area contributed by atoms with Crippen molar-refractivity contribution in [3.63, 3.8) is 0 Å². The summed E-state index contributed by atoms with van der Waals surface area (Å²) in [5, 5.41) is 4.77. The van der Waals surface area contributed by atoms with Gasteiger partial charge in [0.1, 0.15) is 10.6 Å². The van der Waals surface area contributed by atoms with Crippen LogP contribution in [0.4, 0.5) is 5.00 Å². The Morgan fingerprint density at radius 2 is 1.48 bits per heavy atom. The number of thiophene rings is 1. The van der Waals surface area contributed by atoms with Gasteiger partial charge < -0.3 is 0 Å². The van der Waals surface area contributed by atoms with Crippen LogP contribution in [0.25, 0.3) is 38.2 Å². The van der Waals surface area contributed by atoms with E-state index in [1.807, 2.05) is 35.7 Å². The van der Waals surface area contributed by atoms with E-state index >= 15 is 0 Å². The van der Waals surface area contributed by atoms with Crippen LogP contribution in [0.5, 0.6) is 0 Å². The molecule has 3 aromatic heterocycles. The zero-order valence-electron chi connectivity index (χ0n) is 15.8. The van der Waals surface area contributed by atoms with Gasteiger partial charge in [-0.2, -0.15) is 0 Å². The van der Waals surface area contributed by atoms with Crippen molar-refractivity contribution in [2.45, 2.75) is 0 Å². The summed E-state index contributed by atoms with van der Waals surface area (Å²) >= 11 is 1.33. The minimum atomic E-state index is -0.379. The lowest BCUT2D eigenvalue weighted by atomic mass is 9.90. The van der Waals surface area contributed by atoms with Gasteiger partial charge in [0.25, 0.3) is 17.4 Å². The van der Waals surface area contributed by atoms with E-state index in [0.717, 1.165) is 16.4 Å². The predicted molar refractivity (Wildman–Crippen MR) is 121 cm³/mol. The van der Waals surface area contributed by atoms with Gasteiger partial charge in [-0.25, -0.2) is 9.88 Å². The highest BCUT2D eigenvalue weighted by Crippen LogP contribution is 2.39. The van der Waals surface area contributed by atoms with Gasteiger partial charge in [0.15, 0.2) is 0 Å². The summed E-state index contributed by atoms with van der Waals surface area (Å²) in [7, 11) is 0. The monoisotopic (exact) mass is 421 g/mol. The number of hydrogen-bond donors (Lipinski definition) is 0. The Balaban J connectivity index is 1.67. The maximum Gasteiger partial charge on any atom is 0.266 e. The number of carbonyl (C=O) groups excluding carboxylic acids is 2. The molecule has 0 bridgehead atoms. The topological polar surface area (TPSA) is 71.7 Å². The van der Waals surface area contributed by atoms with Crippen LogP contribution >= 0.6 is 11.3 Å². The molecular formula is C24H11N3O3S. The summed E-state index contributed by atoms with van der Waals surface area (Å²) in [5.41, 5.74) is 2.61. The molecule has 7 rings (SSSR count). The first-order valence-electron chi connectivity index (χ1n) is 9.70. The second kappa shape index (κ2) is 5.53. The minimum Gasteiger partial charge on any atom is -0.268 e. The van der Waals surface area contributed by atoms with Crippen molar-refractivity contribution in [2.24, 2.45) is 0 Å². The van der Waals surface area contributed by atoms with Crippen molar-refractivity contribution in [3.05, 3.63) is 87.5 Å². The molecule has 0 fully saturated rings. The lowest BCUT2D eigenvalue weighted by Gasteiger charge is -2.26. The number of aromatic nitrogens is 2. The number of para-hydroxylation sites is 2. The summed E-state index contributed by atoms with van der Waals surface area (Å²) in [5.74, 6) is -0.759. The zero-order chi connectivity index (χ0) is 20.9. The Hall–Kier alpha value is -4.10. The Morgan fingerprint density at radius 3 is 2.23 bits per heavy atom. The molecule has 1 aliphatic heterocycles. The van der Waals surface area contributed by atoms with Crippen LogP contribution < -0.4 is 10.5 Å². The van der Waals surface area contributed by atoms with Crippen molar-refractivity contribution >= 4 is 66.4 Å². The molecule has 0 spiro atoms. The molecule has 0 N–H and O–H groups in total. The van der Waals surface area contributed by atoms with E-state index in [4.69, 9.17) is 0 Å². The molecule has 0 unspecified atom stereocenters. The highest BCUT2D eigenvalue weighted by Gasteiger charge is 2.36. The number of pyridine rings is 1. The number of fused-ring (bicyclic) bond motifs is 4. The number of benzene rings is 3. The number of imidazole rings is 1. The van der Waals surface area contributed by atoms with Crippen LogP contribution in [0.3, 0.4) is 0 Å². The summed E-state index contributed by atoms with van der Waals surface area (Å²) in [6.45, 7) is 0. The van der Waals surface area contributed by atoms with Crippen molar-refractivity contribution in [1.82, 2.24) is 9.38 Å². The molecule has 6 aromatic rings. The van der Waals surface area contributed by atoms with E-state index in [1.165, 1.54) is 16.2 Å². The third-order valence-corrected chi connectivity index (χ3v) is 6.84. The van der Waals surface area contributed by atoms with Gasteiger partial charge in [0.05, 0.1) is 11.0 Å². The fraction of sp³-hybridized carbons (Fsp3) is 0. The maximum atomic E-state index is 13.5. The van der Waals surface area contributed by atoms with Crippen molar-refractivity contribution in [1.29, 1.82) is 0 Å². The fourth-order valence-corrected chi connectivity index (χ4v) is 5.40. The number of anilines is 1. The van der Waals surface area contributed by atoms with Gasteiger partial charge in [-0.05, 0) is 53.9 Å². The van der Waals surface area contributed by atoms with Crippen LogP contribution in [-0.4, -0.2) is 21.2 Å². The summed E-state index contributed by atoms with van der Waals surface area (Å²) in [6, 6.07) is 17.9. The molecular weight excluding hydrogens is 410 g/mol. The molecule has 0 saturated carbocycles. The molecule has 7 heteroatoms. The Morgan fingerprint density at radius 1 is 0.742 bits per heavy atom. The molecule has 0 radical (unpaired) electrons. The quantitative estimate of drug-likeness (QED) is 0.368. The van der Waals surface area contributed by atoms with Crippen LogP contribution in [0.2, 0.25) is 0 Å². The smallest absolute Gasteiger partial charge is 0.266 e. The van der Waals surface area contributed by atoms with Gasteiger partial charge >= 0.3 is 0 Å². The maximum absolute atomic E-state index is 13.5. The average molecular weight is 421 g/mol. The Kier molecular flexibility index (Phi) is 2.97. The van der Waals surface area contributed by atoms with Crippen LogP contribution in [0.15, 0.2) is 70.8 Å². The van der Waals surface area contributed by atoms with Gasteiger partial charge in [0.2, 0.25) is 0 Å². The Labute approximate surface area is 177 Å². The molecule has 3 aromatic carbocycles. The summed E-state index contributed by atoms with van der Waals surface area (Å²) < 4.78 is 1.61. The molecule has 2 amide bonds. The fourth-order valence-electron chi connectivity index (χ4n) is 4.68. The molecule has 0 atom stereocenters. The van der Waals surface area contributed by atoms with E-state index in [9.17, 15) is 14.4 Å². The summed E-state index contributed by atoms with van der Waals surface area (Å²) in [6.07, 6.45) is 0. The molecule has 0 aliphatic carbocycles. The first-order chi connectivity index (χ1) is 15.1. The van der Waals surface area contributed by atoms with E-state index in [0.29, 0.717) is 37.9 Å². The number of carbonyl (C=O) groups is 2. The lowest BCUT2D eigenvalue weighted by molar-refractivity contribution is 0.0894. The molecule has 6 nitrogen and oxygen atoms in total. The predicted octanol–water partition coefficient (Wildman–Crippen LogP) is 4.45. The highest BCUT2D eigenvalue weighted by molar-refractivity contribution is 7.14. The Bertz CT molecular complexity index is 1780. The zero-order valence-corrected chi connectivity index (χ0v) is 16.6. The van der Waals surface area contributed by atoms with Crippen LogP contribution in [0, 0.1) is 0 Å². The van der Waals surface area contributed by atoms with Gasteiger partial charge in [-0.3, -0.25) is 18.8 Å². The average Bonchev–Trinajstić information content (AvgIpc) is 3.44. The third kappa shape index (κ3) is 1.91. The van der Waals surface area contributed by atoms with Crippen molar-refractivity contribution in [2.75, 3.05) is 4.90 Å². The largest absolute Gasteiger partial charge is 0.268 e. The number of amides is 2. The molecule has 31 heavy (non-hydrogen) atoms. The molecule has 0 saturated heterocycles. The van der Waals surface area contributed by atoms with Crippen molar-refractivity contribution < 1.29 is 9.59 Å². The second-order valence-electron chi connectivity index (χ2n) is 7.53. The van der Waals surface area contributed by atoms with Crippen molar-refractivity contribution in [3.8, 4) is 0 Å². The van der Waals surface area contributed by atoms with Gasteiger partial charge in [-0.1, -0.05) is 12.1 Å². The first-order valence-corrected chi connectivity index (χ1v) is 10.6. The van der Waals surface area contributed by atoms with E-state index < -0.39 is 0 Å². The number of nitrogens with zero attached hydrogens (tertiary/aromatic N) is 3. The van der Waals surface area contributed by atoms with E-state index in [-0.39, 0.29) is 17.4 Å². The van der Waals surface area contributed by atoms with Gasteiger partial charge in [0, 0.05) is 32.7 Å². The molecule has 4 heterocycles. The number of imide groups is 1. The second-order valence-corrected chi connectivity index (χ2v) is 8.46. The molecule has 146 valence electrons. The highest BCUT2D eigenvalue weighted by atomic mass is 32.1. The third-order valence-electron chi connectivity index (χ3n) is 5.99. The van der Waals surface area contributed by atoms with Crippen LogP contribution in [-0.2, 0) is 0 Å². The first kappa shape index (κ1) is 16.7.